The van der Waals surface area contributed by atoms with Crippen molar-refractivity contribution in [3.63, 3.8) is 0 Å². The van der Waals surface area contributed by atoms with Crippen LogP contribution >= 0.6 is 23.5 Å². The van der Waals surface area contributed by atoms with E-state index >= 15 is 0 Å². The quantitative estimate of drug-likeness (QED) is 0.272. The monoisotopic (exact) mass is 456 g/mol. The van der Waals surface area contributed by atoms with E-state index in [1.807, 2.05) is 0 Å². The largest absolute Gasteiger partial charge is 0.300 e. The van der Waals surface area contributed by atoms with Gasteiger partial charge in [-0.2, -0.15) is 0 Å². The average molecular weight is 457 g/mol. The Labute approximate surface area is 199 Å². The minimum atomic E-state index is 1.06. The Morgan fingerprint density at radius 1 is 0.469 bits per heavy atom. The highest BCUT2D eigenvalue weighted by Gasteiger charge is 2.09. The fourth-order valence-corrected chi connectivity index (χ4v) is 5.45. The molecule has 0 saturated carbocycles. The minimum Gasteiger partial charge on any atom is -0.300 e. The number of benzene rings is 4. The van der Waals surface area contributed by atoms with Gasteiger partial charge in [-0.1, -0.05) is 83.2 Å². The van der Waals surface area contributed by atoms with Gasteiger partial charge in [0.2, 0.25) is 0 Å². The molecule has 0 heterocycles. The van der Waals surface area contributed by atoms with Crippen LogP contribution in [0.5, 0.6) is 0 Å². The molecule has 2 N–H and O–H groups in total. The number of para-hydroxylation sites is 2. The van der Waals surface area contributed by atoms with Gasteiger partial charge in [-0.3, -0.25) is 10.9 Å². The van der Waals surface area contributed by atoms with Crippen LogP contribution in [0.1, 0.15) is 22.3 Å². The predicted molar refractivity (Wildman–Crippen MR) is 140 cm³/mol. The second-order valence-corrected chi connectivity index (χ2v) is 10.2. The van der Waals surface area contributed by atoms with Crippen molar-refractivity contribution in [1.29, 1.82) is 0 Å². The van der Waals surface area contributed by atoms with Gasteiger partial charge in [0, 0.05) is 19.6 Å². The van der Waals surface area contributed by atoms with E-state index in [0.717, 1.165) is 11.4 Å². The number of aryl methyl sites for hydroxylation is 4. The zero-order chi connectivity index (χ0) is 22.5. The summed E-state index contributed by atoms with van der Waals surface area (Å²) in [6, 6.07) is 30.0. The second-order valence-electron chi connectivity index (χ2n) is 7.98. The van der Waals surface area contributed by atoms with Gasteiger partial charge in [-0.15, -0.1) is 0 Å². The Kier molecular flexibility index (Phi) is 7.13. The van der Waals surface area contributed by atoms with E-state index in [4.69, 9.17) is 0 Å². The summed E-state index contributed by atoms with van der Waals surface area (Å²) in [5.41, 5.74) is 14.2. The third-order valence-electron chi connectivity index (χ3n) is 5.21. The third-order valence-corrected chi connectivity index (χ3v) is 7.71. The van der Waals surface area contributed by atoms with Gasteiger partial charge in [0.15, 0.2) is 0 Å². The Hall–Kier alpha value is -2.82. The molecule has 0 spiro atoms. The van der Waals surface area contributed by atoms with Crippen LogP contribution in [0.2, 0.25) is 0 Å². The molecule has 4 rings (SSSR count). The number of hydrogen-bond donors (Lipinski definition) is 2. The Balaban J connectivity index is 1.52. The first kappa shape index (κ1) is 22.4. The van der Waals surface area contributed by atoms with Crippen molar-refractivity contribution in [3.8, 4) is 0 Å². The molecule has 0 aliphatic rings. The molecule has 4 aromatic rings. The van der Waals surface area contributed by atoms with Crippen molar-refractivity contribution in [3.05, 3.63) is 107 Å². The number of nitrogens with one attached hydrogen (secondary N) is 2. The molecule has 0 aliphatic heterocycles. The number of hydrogen-bond acceptors (Lipinski definition) is 4. The van der Waals surface area contributed by atoms with E-state index in [9.17, 15) is 0 Å². The van der Waals surface area contributed by atoms with Gasteiger partial charge in [0.05, 0.1) is 11.4 Å². The second kappa shape index (κ2) is 10.2. The summed E-state index contributed by atoms with van der Waals surface area (Å²) >= 11 is 3.57. The number of rotatable bonds is 7. The van der Waals surface area contributed by atoms with Crippen LogP contribution in [-0.2, 0) is 0 Å². The van der Waals surface area contributed by atoms with Crippen LogP contribution in [-0.4, -0.2) is 0 Å². The van der Waals surface area contributed by atoms with Crippen LogP contribution in [0.3, 0.4) is 0 Å². The van der Waals surface area contributed by atoms with Crippen LogP contribution in [0.15, 0.2) is 105 Å². The van der Waals surface area contributed by atoms with E-state index in [1.165, 1.54) is 41.8 Å². The zero-order valence-electron chi connectivity index (χ0n) is 18.9. The summed E-state index contributed by atoms with van der Waals surface area (Å²) in [4.78, 5) is 4.92. The van der Waals surface area contributed by atoms with Crippen molar-refractivity contribution in [2.24, 2.45) is 0 Å². The Morgan fingerprint density at radius 2 is 0.875 bits per heavy atom. The van der Waals surface area contributed by atoms with Gasteiger partial charge in [0.1, 0.15) is 0 Å². The molecule has 0 unspecified atom stereocenters. The molecule has 0 aliphatic carbocycles. The summed E-state index contributed by atoms with van der Waals surface area (Å²) in [5.74, 6) is 0. The normalized spacial score (nSPS) is 10.8. The Morgan fingerprint density at radius 3 is 1.28 bits per heavy atom. The summed E-state index contributed by atoms with van der Waals surface area (Å²) < 4.78 is 0. The van der Waals surface area contributed by atoms with E-state index in [0.29, 0.717) is 0 Å². The molecule has 0 fully saturated rings. The summed E-state index contributed by atoms with van der Waals surface area (Å²) in [6.07, 6.45) is 0. The van der Waals surface area contributed by atoms with Crippen LogP contribution in [0.4, 0.5) is 11.4 Å². The summed E-state index contributed by atoms with van der Waals surface area (Å²) in [7, 11) is 0. The van der Waals surface area contributed by atoms with Crippen molar-refractivity contribution in [2.75, 3.05) is 10.9 Å². The fourth-order valence-electron chi connectivity index (χ4n) is 3.52. The van der Waals surface area contributed by atoms with Gasteiger partial charge in [-0.05, 0) is 75.2 Å². The van der Waals surface area contributed by atoms with Gasteiger partial charge >= 0.3 is 0 Å². The van der Waals surface area contributed by atoms with Crippen molar-refractivity contribution < 1.29 is 0 Å². The topological polar surface area (TPSA) is 24.1 Å². The molecule has 0 saturated heterocycles. The van der Waals surface area contributed by atoms with Crippen LogP contribution < -0.4 is 10.9 Å². The predicted octanol–water partition coefficient (Wildman–Crippen LogP) is 8.66. The molecule has 0 amide bonds. The van der Waals surface area contributed by atoms with Gasteiger partial charge < -0.3 is 0 Å². The average Bonchev–Trinajstić information content (AvgIpc) is 2.78. The molecule has 0 atom stereocenters. The highest BCUT2D eigenvalue weighted by molar-refractivity contribution is 7.99. The lowest BCUT2D eigenvalue weighted by molar-refractivity contribution is 1.24. The molecule has 4 heteroatoms. The van der Waals surface area contributed by atoms with E-state index in [-0.39, 0.29) is 0 Å². The first-order valence-corrected chi connectivity index (χ1v) is 12.3. The molecule has 32 heavy (non-hydrogen) atoms. The molecule has 162 valence electrons. The van der Waals surface area contributed by atoms with E-state index in [1.54, 1.807) is 23.5 Å². The standard InChI is InChI=1S/C28H28N2S2/c1-19-13-15-25(21(3)17-19)31-27-11-7-5-9-23(27)29-30-24-10-6-8-12-28(24)32-26-16-14-20(2)18-22(26)4/h5-18,29-30H,1-4H3. The van der Waals surface area contributed by atoms with Crippen molar-refractivity contribution in [1.82, 2.24) is 0 Å². The summed E-state index contributed by atoms with van der Waals surface area (Å²) in [6.45, 7) is 8.61. The lowest BCUT2D eigenvalue weighted by Crippen LogP contribution is -2.10. The van der Waals surface area contributed by atoms with E-state index in [2.05, 4.69) is 123 Å². The molecule has 0 radical (unpaired) electrons. The first-order valence-electron chi connectivity index (χ1n) is 10.7. The molecule has 2 nitrogen and oxygen atoms in total. The van der Waals surface area contributed by atoms with Crippen LogP contribution in [0, 0.1) is 27.7 Å². The van der Waals surface area contributed by atoms with E-state index < -0.39 is 0 Å². The SMILES string of the molecule is Cc1ccc(Sc2ccccc2NNc2ccccc2Sc2ccc(C)cc2C)c(C)c1. The lowest BCUT2D eigenvalue weighted by atomic mass is 10.2. The maximum Gasteiger partial charge on any atom is 0.0679 e. The maximum absolute atomic E-state index is 3.45. The highest BCUT2D eigenvalue weighted by atomic mass is 32.2. The molecule has 4 aromatic carbocycles. The minimum absolute atomic E-state index is 1.06. The molecular formula is C28H28N2S2. The highest BCUT2D eigenvalue weighted by Crippen LogP contribution is 2.37. The first-order chi connectivity index (χ1) is 15.5. The number of hydrazine groups is 1. The van der Waals surface area contributed by atoms with Crippen molar-refractivity contribution in [2.45, 2.75) is 47.3 Å². The smallest absolute Gasteiger partial charge is 0.0679 e. The molecular weight excluding hydrogens is 428 g/mol. The number of anilines is 2. The van der Waals surface area contributed by atoms with Crippen LogP contribution in [0.25, 0.3) is 0 Å². The molecule has 0 bridgehead atoms. The fraction of sp³-hybridized carbons (Fsp3) is 0.143. The maximum atomic E-state index is 3.45. The third kappa shape index (κ3) is 5.50. The summed E-state index contributed by atoms with van der Waals surface area (Å²) in [5, 5.41) is 0. The zero-order valence-corrected chi connectivity index (χ0v) is 20.5. The van der Waals surface area contributed by atoms with Gasteiger partial charge in [-0.25, -0.2) is 0 Å². The molecule has 0 aromatic heterocycles. The lowest BCUT2D eigenvalue weighted by Gasteiger charge is -2.17. The Bertz CT molecular complexity index is 1140. The van der Waals surface area contributed by atoms with Crippen molar-refractivity contribution >= 4 is 34.9 Å². The van der Waals surface area contributed by atoms with Gasteiger partial charge in [0.25, 0.3) is 0 Å².